The molecule has 612 valence electrons. The van der Waals surface area contributed by atoms with Gasteiger partial charge in [0.15, 0.2) is 34.2 Å². The third-order valence-electron chi connectivity index (χ3n) is 21.5. The maximum Gasteiger partial charge on any atom is 0.272 e. The summed E-state index contributed by atoms with van der Waals surface area (Å²) in [5.41, 5.74) is -1.76. The molecule has 0 bridgehead atoms. The van der Waals surface area contributed by atoms with E-state index in [4.69, 9.17) is 29.9 Å². The quantitative estimate of drug-likeness (QED) is 0.0178. The van der Waals surface area contributed by atoms with Crippen molar-refractivity contribution in [1.82, 2.24) is 61.8 Å². The van der Waals surface area contributed by atoms with Gasteiger partial charge in [0.2, 0.25) is 0 Å². The van der Waals surface area contributed by atoms with Gasteiger partial charge in [0.1, 0.15) is 33.1 Å². The lowest BCUT2D eigenvalue weighted by Crippen LogP contribution is -2.33. The maximum absolute atomic E-state index is 14.9. The number of fused-ring (bicyclic) bond motifs is 6. The van der Waals surface area contributed by atoms with E-state index in [1.165, 1.54) is 231 Å². The highest BCUT2D eigenvalue weighted by atomic mass is 16.2. The second-order valence-corrected chi connectivity index (χ2v) is 31.5. The SMILES string of the molecule is CCCCCCCCCCCCNC(=O)c1nc2c3nc(C(=O)NCCCCCCCCCCCC)c(C(=O)NCCCCCCCCCCCC)nc3c3nc(C(=O)NCCCCCCCCCCCC)c(C(=O)NCCCCCCCCCCCC)nc3c2nc1C(=O)NCCCCCCCCCCCC. The summed E-state index contributed by atoms with van der Waals surface area (Å²) >= 11 is 0. The van der Waals surface area contributed by atoms with Crippen molar-refractivity contribution in [1.29, 1.82) is 0 Å². The third-order valence-corrected chi connectivity index (χ3v) is 21.5. The zero-order chi connectivity index (χ0) is 77.5. The van der Waals surface area contributed by atoms with E-state index in [1.807, 2.05) is 0 Å². The second kappa shape index (κ2) is 63.7. The molecule has 4 aromatic rings. The summed E-state index contributed by atoms with van der Waals surface area (Å²) in [6, 6.07) is 0. The van der Waals surface area contributed by atoms with Crippen molar-refractivity contribution in [2.24, 2.45) is 0 Å². The van der Waals surface area contributed by atoms with Gasteiger partial charge in [-0.3, -0.25) is 28.8 Å². The molecule has 18 nitrogen and oxygen atoms in total. The van der Waals surface area contributed by atoms with Crippen molar-refractivity contribution < 1.29 is 28.8 Å². The highest BCUT2D eigenvalue weighted by molar-refractivity contribution is 6.22. The highest BCUT2D eigenvalue weighted by Crippen LogP contribution is 2.33. The molecule has 0 saturated heterocycles. The molecule has 6 amide bonds. The van der Waals surface area contributed by atoms with Gasteiger partial charge in [0.25, 0.3) is 35.4 Å². The smallest absolute Gasteiger partial charge is 0.272 e. The van der Waals surface area contributed by atoms with Gasteiger partial charge in [-0.05, 0) is 38.5 Å². The number of nitrogens with zero attached hydrogens (tertiary/aromatic N) is 6. The molecular weight excluding hydrogens is 1350 g/mol. The van der Waals surface area contributed by atoms with Crippen molar-refractivity contribution in [2.75, 3.05) is 39.3 Å². The van der Waals surface area contributed by atoms with Crippen LogP contribution in [0.4, 0.5) is 0 Å². The Balaban J connectivity index is 1.92. The van der Waals surface area contributed by atoms with Crippen LogP contribution in [0.25, 0.3) is 33.1 Å². The Hall–Kier alpha value is -5.94. The van der Waals surface area contributed by atoms with Crippen LogP contribution >= 0.6 is 0 Å². The summed E-state index contributed by atoms with van der Waals surface area (Å²) in [7, 11) is 0. The minimum atomic E-state index is -0.615. The molecule has 3 heterocycles. The average molecular weight is 1500 g/mol. The van der Waals surface area contributed by atoms with Gasteiger partial charge >= 0.3 is 0 Å². The lowest BCUT2D eigenvalue weighted by Gasteiger charge is -2.16. The standard InChI is InChI=1S/C90H156N12O6/c1-7-13-19-25-31-37-43-49-55-61-67-91-85(103)79-80(86(104)92-68-62-56-50-44-38-32-26-20-14-8-2)98-74-73(97-79)75-77(101-82(88(106)94-70-64-58-52-46-40-34-28-22-16-10-4)81(99-75)87(105)93-69-63-57-51-45-39-33-27-21-15-9-3)78-76(74)100-83(89(107)95-71-65-59-53-47-41-35-29-23-17-11-5)84(102-78)90(108)96-72-66-60-54-48-42-36-30-24-18-12-6/h7-72H2,1-6H3,(H,91,103)(H,92,104)(H,93,105)(H,94,106)(H,95,107)(H,96,108). The highest BCUT2D eigenvalue weighted by Gasteiger charge is 2.32. The molecule has 0 aliphatic carbocycles. The second-order valence-electron chi connectivity index (χ2n) is 31.5. The molecule has 0 aliphatic heterocycles. The fourth-order valence-electron chi connectivity index (χ4n) is 14.6. The van der Waals surface area contributed by atoms with E-state index >= 15 is 0 Å². The first-order valence-corrected chi connectivity index (χ1v) is 45.5. The Labute approximate surface area is 656 Å². The first-order valence-electron chi connectivity index (χ1n) is 45.5. The molecule has 0 aliphatic rings. The molecule has 0 atom stereocenters. The predicted octanol–water partition coefficient (Wildman–Crippen LogP) is 23.4. The Morgan fingerprint density at radius 2 is 0.250 bits per heavy atom. The molecule has 3 aromatic heterocycles. The number of unbranched alkanes of at least 4 members (excludes halogenated alkanes) is 54. The van der Waals surface area contributed by atoms with E-state index in [1.54, 1.807) is 0 Å². The summed E-state index contributed by atoms with van der Waals surface area (Å²) in [5.74, 6) is -3.69. The van der Waals surface area contributed by atoms with Crippen LogP contribution in [0, 0.1) is 0 Å². The van der Waals surface area contributed by atoms with Crippen molar-refractivity contribution in [2.45, 2.75) is 427 Å². The summed E-state index contributed by atoms with van der Waals surface area (Å²) in [4.78, 5) is 120. The van der Waals surface area contributed by atoms with E-state index < -0.39 is 35.4 Å². The largest absolute Gasteiger partial charge is 0.351 e. The molecule has 108 heavy (non-hydrogen) atoms. The van der Waals surface area contributed by atoms with Gasteiger partial charge in [-0.1, -0.05) is 388 Å². The van der Waals surface area contributed by atoms with Crippen molar-refractivity contribution in [3.8, 4) is 0 Å². The third kappa shape index (κ3) is 40.3. The zero-order valence-corrected chi connectivity index (χ0v) is 69.8. The fourth-order valence-corrected chi connectivity index (χ4v) is 14.6. The molecular formula is C90H156N12O6. The molecule has 0 saturated carbocycles. The van der Waals surface area contributed by atoms with Gasteiger partial charge < -0.3 is 31.9 Å². The van der Waals surface area contributed by atoms with Crippen LogP contribution < -0.4 is 31.9 Å². The van der Waals surface area contributed by atoms with E-state index in [9.17, 15) is 28.8 Å². The van der Waals surface area contributed by atoms with Crippen LogP contribution in [0.5, 0.6) is 0 Å². The lowest BCUT2D eigenvalue weighted by molar-refractivity contribution is 0.0910. The van der Waals surface area contributed by atoms with Crippen molar-refractivity contribution in [3.63, 3.8) is 0 Å². The van der Waals surface area contributed by atoms with Gasteiger partial charge in [-0.25, -0.2) is 29.9 Å². The van der Waals surface area contributed by atoms with Crippen LogP contribution in [0.3, 0.4) is 0 Å². The van der Waals surface area contributed by atoms with E-state index in [-0.39, 0.29) is 67.3 Å². The van der Waals surface area contributed by atoms with Crippen LogP contribution in [0.15, 0.2) is 0 Å². The monoisotopic (exact) mass is 1500 g/mol. The number of benzene rings is 1. The molecule has 0 spiro atoms. The van der Waals surface area contributed by atoms with Crippen molar-refractivity contribution >= 4 is 68.5 Å². The predicted molar refractivity (Wildman–Crippen MR) is 451 cm³/mol. The lowest BCUT2D eigenvalue weighted by atomic mass is 10.1. The van der Waals surface area contributed by atoms with Crippen LogP contribution in [0.2, 0.25) is 0 Å². The number of carbonyl (C=O) groups excluding carboxylic acids is 6. The first-order chi connectivity index (χ1) is 53.1. The van der Waals surface area contributed by atoms with Crippen LogP contribution in [0.1, 0.15) is 490 Å². The Morgan fingerprint density at radius 1 is 0.157 bits per heavy atom. The number of nitrogens with one attached hydrogen (secondary N) is 6. The van der Waals surface area contributed by atoms with E-state index in [0.717, 1.165) is 154 Å². The minimum Gasteiger partial charge on any atom is -0.351 e. The normalized spacial score (nSPS) is 11.5. The molecule has 18 heteroatoms. The maximum atomic E-state index is 14.9. The van der Waals surface area contributed by atoms with Crippen LogP contribution in [-0.2, 0) is 0 Å². The minimum absolute atomic E-state index is 0.0365. The number of rotatable bonds is 72. The summed E-state index contributed by atoms with van der Waals surface area (Å²) in [6.45, 7) is 15.4. The number of hydrogen-bond acceptors (Lipinski definition) is 12. The molecule has 1 aromatic carbocycles. The zero-order valence-electron chi connectivity index (χ0n) is 69.8. The molecule has 0 fully saturated rings. The fraction of sp³-hybridized carbons (Fsp3) is 0.800. The van der Waals surface area contributed by atoms with Gasteiger partial charge in [0, 0.05) is 39.3 Å². The number of hydrogen-bond donors (Lipinski definition) is 6. The van der Waals surface area contributed by atoms with E-state index in [2.05, 4.69) is 73.4 Å². The average Bonchev–Trinajstić information content (AvgIpc) is 0.719. The first kappa shape index (κ1) is 94.4. The van der Waals surface area contributed by atoms with Crippen molar-refractivity contribution in [3.05, 3.63) is 34.2 Å². The van der Waals surface area contributed by atoms with Gasteiger partial charge in [0.05, 0.1) is 0 Å². The Kier molecular flexibility index (Phi) is 55.7. The molecule has 4 rings (SSSR count). The molecule has 0 radical (unpaired) electrons. The Bertz CT molecular complexity index is 2520. The summed E-state index contributed by atoms with van der Waals surface area (Å²) in [6.07, 6.45) is 67.5. The summed E-state index contributed by atoms with van der Waals surface area (Å²) < 4.78 is 0. The van der Waals surface area contributed by atoms with Gasteiger partial charge in [-0.15, -0.1) is 0 Å². The summed E-state index contributed by atoms with van der Waals surface area (Å²) in [5, 5.41) is 18.4. The van der Waals surface area contributed by atoms with E-state index in [0.29, 0.717) is 39.3 Å². The number of carbonyl (C=O) groups is 6. The van der Waals surface area contributed by atoms with Crippen LogP contribution in [-0.4, -0.2) is 105 Å². The molecule has 6 N–H and O–H groups in total. The number of aromatic nitrogens is 6. The Morgan fingerprint density at radius 3 is 0.352 bits per heavy atom. The number of amides is 6. The topological polar surface area (TPSA) is 252 Å². The van der Waals surface area contributed by atoms with Gasteiger partial charge in [-0.2, -0.15) is 0 Å². The molecule has 0 unspecified atom stereocenters.